The maximum Gasteiger partial charge on any atom is 0.339 e. The summed E-state index contributed by atoms with van der Waals surface area (Å²) in [5.74, 6) is -0.265. The van der Waals surface area contributed by atoms with Gasteiger partial charge in [0.05, 0.1) is 12.2 Å². The number of benzene rings is 2. The Bertz CT molecular complexity index is 541. The second-order valence-corrected chi connectivity index (χ2v) is 5.94. The summed E-state index contributed by atoms with van der Waals surface area (Å²) >= 11 is 0. The van der Waals surface area contributed by atoms with Crippen LogP contribution in [0.2, 0.25) is 0 Å². The molecule has 2 rings (SSSR count). The molecule has 0 heterocycles. The molecule has 0 unspecified atom stereocenters. The lowest BCUT2D eigenvalue weighted by Gasteiger charge is -2.07. The van der Waals surface area contributed by atoms with Gasteiger partial charge in [0.1, 0.15) is 0 Å². The van der Waals surface area contributed by atoms with Crippen molar-refractivity contribution >= 4 is 27.6 Å². The van der Waals surface area contributed by atoms with Crippen LogP contribution in [0.3, 0.4) is 0 Å². The van der Waals surface area contributed by atoms with Crippen LogP contribution < -0.4 is 0 Å². The minimum Gasteiger partial charge on any atom is -0.462 e. The molecular formula is C15H14O2S2. The van der Waals surface area contributed by atoms with Gasteiger partial charge in [-0.1, -0.05) is 51.9 Å². The average molecular weight is 290 g/mol. The van der Waals surface area contributed by atoms with Gasteiger partial charge in [-0.15, -0.1) is 0 Å². The molecule has 0 aliphatic heterocycles. The van der Waals surface area contributed by atoms with E-state index in [1.807, 2.05) is 55.5 Å². The number of carbonyl (C=O) groups is 1. The lowest BCUT2D eigenvalue weighted by atomic mass is 10.2. The van der Waals surface area contributed by atoms with Crippen LogP contribution >= 0.6 is 21.6 Å². The van der Waals surface area contributed by atoms with E-state index >= 15 is 0 Å². The van der Waals surface area contributed by atoms with Gasteiger partial charge in [0.15, 0.2) is 0 Å². The first-order valence-electron chi connectivity index (χ1n) is 5.97. The van der Waals surface area contributed by atoms with Crippen LogP contribution in [0.1, 0.15) is 17.3 Å². The van der Waals surface area contributed by atoms with Crippen LogP contribution in [0.15, 0.2) is 64.4 Å². The Morgan fingerprint density at radius 1 is 1.00 bits per heavy atom. The van der Waals surface area contributed by atoms with Gasteiger partial charge in [-0.25, -0.2) is 4.79 Å². The molecule has 0 fully saturated rings. The van der Waals surface area contributed by atoms with Gasteiger partial charge in [-0.2, -0.15) is 0 Å². The number of ether oxygens (including phenoxy) is 1. The molecule has 2 aromatic carbocycles. The van der Waals surface area contributed by atoms with Gasteiger partial charge in [0.25, 0.3) is 0 Å². The highest BCUT2D eigenvalue weighted by Crippen LogP contribution is 2.38. The van der Waals surface area contributed by atoms with Crippen molar-refractivity contribution in [2.75, 3.05) is 6.61 Å². The Labute approximate surface area is 121 Å². The molecule has 0 saturated heterocycles. The molecule has 0 spiro atoms. The monoisotopic (exact) mass is 290 g/mol. The van der Waals surface area contributed by atoms with E-state index in [1.165, 1.54) is 0 Å². The van der Waals surface area contributed by atoms with Crippen molar-refractivity contribution in [1.82, 2.24) is 0 Å². The third-order valence-electron chi connectivity index (χ3n) is 2.35. The highest BCUT2D eigenvalue weighted by molar-refractivity contribution is 8.76. The molecule has 2 nitrogen and oxygen atoms in total. The Morgan fingerprint density at radius 2 is 1.68 bits per heavy atom. The maximum absolute atomic E-state index is 11.8. The molecular weight excluding hydrogens is 276 g/mol. The van der Waals surface area contributed by atoms with Crippen LogP contribution in [-0.2, 0) is 4.74 Å². The molecule has 0 N–H and O–H groups in total. The molecule has 2 aromatic rings. The number of esters is 1. The standard InChI is InChI=1S/C15H14O2S2/c1-2-17-15(16)13-10-6-7-11-14(13)19-18-12-8-4-3-5-9-12/h3-11H,2H2,1H3. The topological polar surface area (TPSA) is 26.3 Å². The van der Waals surface area contributed by atoms with Crippen molar-refractivity contribution in [2.45, 2.75) is 16.7 Å². The molecule has 4 heteroatoms. The summed E-state index contributed by atoms with van der Waals surface area (Å²) in [6, 6.07) is 17.6. The zero-order valence-corrected chi connectivity index (χ0v) is 12.2. The Kier molecular flexibility index (Phi) is 5.36. The molecule has 0 bridgehead atoms. The average Bonchev–Trinajstić information content (AvgIpc) is 2.47. The lowest BCUT2D eigenvalue weighted by Crippen LogP contribution is -2.05. The van der Waals surface area contributed by atoms with Gasteiger partial charge < -0.3 is 4.74 Å². The number of hydrogen-bond acceptors (Lipinski definition) is 4. The normalized spacial score (nSPS) is 10.2. The van der Waals surface area contributed by atoms with E-state index in [-0.39, 0.29) is 5.97 Å². The highest BCUT2D eigenvalue weighted by Gasteiger charge is 2.12. The molecule has 0 amide bonds. The minimum atomic E-state index is -0.265. The van der Waals surface area contributed by atoms with Crippen molar-refractivity contribution in [2.24, 2.45) is 0 Å². The van der Waals surface area contributed by atoms with Gasteiger partial charge in [0, 0.05) is 9.79 Å². The molecule has 0 aliphatic carbocycles. The van der Waals surface area contributed by atoms with Gasteiger partial charge >= 0.3 is 5.97 Å². The van der Waals surface area contributed by atoms with E-state index in [1.54, 1.807) is 27.7 Å². The van der Waals surface area contributed by atoms with Gasteiger partial charge in [-0.05, 0) is 31.2 Å². The van der Waals surface area contributed by atoms with Crippen molar-refractivity contribution in [1.29, 1.82) is 0 Å². The zero-order valence-electron chi connectivity index (χ0n) is 10.5. The van der Waals surface area contributed by atoms with E-state index in [2.05, 4.69) is 0 Å². The van der Waals surface area contributed by atoms with Crippen LogP contribution in [0.25, 0.3) is 0 Å². The molecule has 0 aromatic heterocycles. The molecule has 0 radical (unpaired) electrons. The zero-order chi connectivity index (χ0) is 13.5. The number of hydrogen-bond donors (Lipinski definition) is 0. The van der Waals surface area contributed by atoms with Crippen molar-refractivity contribution in [3.63, 3.8) is 0 Å². The van der Waals surface area contributed by atoms with Crippen molar-refractivity contribution in [3.8, 4) is 0 Å². The fraction of sp³-hybridized carbons (Fsp3) is 0.133. The second-order valence-electron chi connectivity index (χ2n) is 3.70. The first kappa shape index (κ1) is 14.0. The summed E-state index contributed by atoms with van der Waals surface area (Å²) < 4.78 is 5.06. The van der Waals surface area contributed by atoms with Gasteiger partial charge in [-0.3, -0.25) is 0 Å². The summed E-state index contributed by atoms with van der Waals surface area (Å²) in [4.78, 5) is 13.9. The predicted octanol–water partition coefficient (Wildman–Crippen LogP) is 4.66. The first-order valence-corrected chi connectivity index (χ1v) is 8.12. The summed E-state index contributed by atoms with van der Waals surface area (Å²) in [6.45, 7) is 2.20. The SMILES string of the molecule is CCOC(=O)c1ccccc1SSc1ccccc1. The summed E-state index contributed by atoms with van der Waals surface area (Å²) in [6.07, 6.45) is 0. The molecule has 0 aliphatic rings. The maximum atomic E-state index is 11.8. The van der Waals surface area contributed by atoms with Crippen LogP contribution in [0, 0.1) is 0 Å². The Morgan fingerprint density at radius 3 is 2.42 bits per heavy atom. The van der Waals surface area contributed by atoms with Crippen molar-refractivity contribution in [3.05, 3.63) is 60.2 Å². The smallest absolute Gasteiger partial charge is 0.339 e. The molecule has 98 valence electrons. The minimum absolute atomic E-state index is 0.265. The predicted molar refractivity (Wildman–Crippen MR) is 80.6 cm³/mol. The van der Waals surface area contributed by atoms with Crippen molar-refractivity contribution < 1.29 is 9.53 Å². The van der Waals surface area contributed by atoms with Crippen LogP contribution in [0.5, 0.6) is 0 Å². The lowest BCUT2D eigenvalue weighted by molar-refractivity contribution is 0.0522. The molecule has 19 heavy (non-hydrogen) atoms. The fourth-order valence-electron chi connectivity index (χ4n) is 1.49. The third-order valence-corrected chi connectivity index (χ3v) is 4.80. The fourth-order valence-corrected chi connectivity index (χ4v) is 3.64. The third kappa shape index (κ3) is 4.04. The molecule has 0 saturated carbocycles. The van der Waals surface area contributed by atoms with E-state index in [0.717, 1.165) is 9.79 Å². The molecule has 0 atom stereocenters. The first-order chi connectivity index (χ1) is 9.31. The largest absolute Gasteiger partial charge is 0.462 e. The number of rotatable bonds is 5. The van der Waals surface area contributed by atoms with E-state index in [0.29, 0.717) is 12.2 Å². The quantitative estimate of drug-likeness (QED) is 0.591. The van der Waals surface area contributed by atoms with Gasteiger partial charge in [0.2, 0.25) is 0 Å². The summed E-state index contributed by atoms with van der Waals surface area (Å²) in [5, 5.41) is 0. The van der Waals surface area contributed by atoms with E-state index in [4.69, 9.17) is 4.74 Å². The highest BCUT2D eigenvalue weighted by atomic mass is 33.1. The number of carbonyl (C=O) groups excluding carboxylic acids is 1. The Hall–Kier alpha value is -1.39. The Balaban J connectivity index is 2.10. The van der Waals surface area contributed by atoms with E-state index in [9.17, 15) is 4.79 Å². The van der Waals surface area contributed by atoms with Crippen LogP contribution in [-0.4, -0.2) is 12.6 Å². The van der Waals surface area contributed by atoms with E-state index < -0.39 is 0 Å². The summed E-state index contributed by atoms with van der Waals surface area (Å²) in [5.41, 5.74) is 0.623. The second kappa shape index (κ2) is 7.26. The summed E-state index contributed by atoms with van der Waals surface area (Å²) in [7, 11) is 3.20. The van der Waals surface area contributed by atoms with Crippen LogP contribution in [0.4, 0.5) is 0 Å².